The minimum Gasteiger partial charge on any atom is -0.459 e. The molecule has 1 aliphatic rings. The zero-order valence-electron chi connectivity index (χ0n) is 15.3. The number of rotatable bonds is 7. The molecule has 0 spiro atoms. The fourth-order valence-corrected chi connectivity index (χ4v) is 3.55. The third kappa shape index (κ3) is 6.31. The van der Waals surface area contributed by atoms with E-state index in [-0.39, 0.29) is 12.5 Å². The number of carbonyl (C=O) groups is 1. The molecule has 0 bridgehead atoms. The Morgan fingerprint density at radius 3 is 2.23 bits per heavy atom. The van der Waals surface area contributed by atoms with Gasteiger partial charge in [-0.15, -0.1) is 13.2 Å². The molecule has 26 heavy (non-hydrogen) atoms. The average molecular weight is 372 g/mol. The molecule has 1 aromatic carbocycles. The van der Waals surface area contributed by atoms with Crippen LogP contribution in [0.3, 0.4) is 0 Å². The van der Waals surface area contributed by atoms with E-state index < -0.39 is 18.4 Å². The molecule has 1 aromatic rings. The summed E-state index contributed by atoms with van der Waals surface area (Å²) < 4.78 is 46.9. The summed E-state index contributed by atoms with van der Waals surface area (Å²) in [4.78, 5) is 12.3. The number of ether oxygens (including phenoxy) is 2. The first kappa shape index (κ1) is 20.7. The summed E-state index contributed by atoms with van der Waals surface area (Å²) in [6.45, 7) is 3.80. The predicted octanol–water partition coefficient (Wildman–Crippen LogP) is 6.19. The molecule has 3 nitrogen and oxygen atoms in total. The van der Waals surface area contributed by atoms with Crippen molar-refractivity contribution in [1.82, 2.24) is 0 Å². The zero-order chi connectivity index (χ0) is 19.2. The lowest BCUT2D eigenvalue weighted by Gasteiger charge is -2.28. The topological polar surface area (TPSA) is 35.5 Å². The van der Waals surface area contributed by atoms with Gasteiger partial charge in [-0.1, -0.05) is 38.8 Å². The number of halogens is 3. The van der Waals surface area contributed by atoms with Crippen molar-refractivity contribution in [2.75, 3.05) is 0 Å². The van der Waals surface area contributed by atoms with Crippen molar-refractivity contribution >= 4 is 5.97 Å². The van der Waals surface area contributed by atoms with E-state index in [1.807, 2.05) is 0 Å². The molecule has 146 valence electrons. The van der Waals surface area contributed by atoms with E-state index in [1.54, 1.807) is 6.92 Å². The summed E-state index contributed by atoms with van der Waals surface area (Å²) in [6.07, 6.45) is 0.687. The molecule has 6 heteroatoms. The highest BCUT2D eigenvalue weighted by molar-refractivity contribution is 5.89. The van der Waals surface area contributed by atoms with Gasteiger partial charge in [-0.2, -0.15) is 0 Å². The highest BCUT2D eigenvalue weighted by Gasteiger charge is 2.33. The highest BCUT2D eigenvalue weighted by atomic mass is 19.4. The number of esters is 1. The monoisotopic (exact) mass is 372 g/mol. The molecule has 1 unspecified atom stereocenters. The second-order valence-electron chi connectivity index (χ2n) is 6.92. The summed E-state index contributed by atoms with van der Waals surface area (Å²) in [6, 6.07) is 5.99. The Labute approximate surface area is 152 Å². The van der Waals surface area contributed by atoms with Crippen molar-refractivity contribution < 1.29 is 27.4 Å². The Balaban J connectivity index is 1.90. The predicted molar refractivity (Wildman–Crippen MR) is 92.7 cm³/mol. The Morgan fingerprint density at radius 1 is 1.12 bits per heavy atom. The molecule has 0 aromatic heterocycles. The smallest absolute Gasteiger partial charge is 0.459 e. The quantitative estimate of drug-likeness (QED) is 0.535. The second kappa shape index (κ2) is 9.40. The maximum Gasteiger partial charge on any atom is 0.523 e. The zero-order valence-corrected chi connectivity index (χ0v) is 15.3. The van der Waals surface area contributed by atoms with Crippen molar-refractivity contribution in [2.24, 2.45) is 5.92 Å². The molecule has 0 N–H and O–H groups in total. The van der Waals surface area contributed by atoms with Crippen molar-refractivity contribution in [3.8, 4) is 0 Å². The lowest BCUT2D eigenvalue weighted by Crippen LogP contribution is -2.24. The maximum atomic E-state index is 12.4. The van der Waals surface area contributed by atoms with Crippen molar-refractivity contribution in [3.63, 3.8) is 0 Å². The molecule has 2 rings (SSSR count). The summed E-state index contributed by atoms with van der Waals surface area (Å²) in [5.41, 5.74) is 0.743. The first-order chi connectivity index (χ1) is 12.3. The molecule has 0 amide bonds. The summed E-state index contributed by atoms with van der Waals surface area (Å²) in [5, 5.41) is 0. The van der Waals surface area contributed by atoms with Crippen LogP contribution in [0.2, 0.25) is 0 Å². The minimum absolute atomic E-state index is 0.0627. The molecule has 0 saturated heterocycles. The Kier molecular flexibility index (Phi) is 7.50. The average Bonchev–Trinajstić information content (AvgIpc) is 2.61. The SMILES string of the molecule is CCCC1CCC(OC(=O)c2ccc(C(CC)OC(F)(F)F)cc2)CC1. The molecule has 0 aliphatic heterocycles. The fraction of sp³-hybridized carbons (Fsp3) is 0.650. The fourth-order valence-electron chi connectivity index (χ4n) is 3.55. The Bertz CT molecular complexity index is 561. The van der Waals surface area contributed by atoms with Gasteiger partial charge in [-0.05, 0) is 55.7 Å². The number of benzene rings is 1. The van der Waals surface area contributed by atoms with Crippen LogP contribution in [-0.2, 0) is 9.47 Å². The highest BCUT2D eigenvalue weighted by Crippen LogP contribution is 2.31. The van der Waals surface area contributed by atoms with Crippen LogP contribution in [0, 0.1) is 5.92 Å². The van der Waals surface area contributed by atoms with Gasteiger partial charge < -0.3 is 4.74 Å². The largest absolute Gasteiger partial charge is 0.523 e. The van der Waals surface area contributed by atoms with Gasteiger partial charge in [0, 0.05) is 0 Å². The van der Waals surface area contributed by atoms with Gasteiger partial charge in [0.15, 0.2) is 0 Å². The van der Waals surface area contributed by atoms with Gasteiger partial charge in [-0.3, -0.25) is 4.74 Å². The van der Waals surface area contributed by atoms with Crippen LogP contribution in [-0.4, -0.2) is 18.4 Å². The molecule has 1 aliphatic carbocycles. The number of alkyl halides is 3. The molecule has 0 radical (unpaired) electrons. The van der Waals surface area contributed by atoms with Crippen LogP contribution < -0.4 is 0 Å². The van der Waals surface area contributed by atoms with Crippen LogP contribution >= 0.6 is 0 Å². The van der Waals surface area contributed by atoms with E-state index in [4.69, 9.17) is 4.74 Å². The maximum absolute atomic E-state index is 12.4. The molecule has 1 atom stereocenters. The Morgan fingerprint density at radius 2 is 1.73 bits per heavy atom. The van der Waals surface area contributed by atoms with Gasteiger partial charge in [0.1, 0.15) is 6.10 Å². The van der Waals surface area contributed by atoms with E-state index in [0.717, 1.165) is 31.6 Å². The lowest BCUT2D eigenvalue weighted by atomic mass is 9.85. The van der Waals surface area contributed by atoms with Crippen LogP contribution in [0.15, 0.2) is 24.3 Å². The van der Waals surface area contributed by atoms with E-state index >= 15 is 0 Å². The Hall–Kier alpha value is -1.56. The summed E-state index contributed by atoms with van der Waals surface area (Å²) in [5.74, 6) is 0.314. The van der Waals surface area contributed by atoms with Crippen LogP contribution in [0.25, 0.3) is 0 Å². The van der Waals surface area contributed by atoms with Gasteiger partial charge in [0.25, 0.3) is 0 Å². The third-order valence-electron chi connectivity index (χ3n) is 4.93. The van der Waals surface area contributed by atoms with Gasteiger partial charge >= 0.3 is 12.3 Å². The van der Waals surface area contributed by atoms with E-state index in [9.17, 15) is 18.0 Å². The molecule has 1 fully saturated rings. The van der Waals surface area contributed by atoms with Gasteiger partial charge in [-0.25, -0.2) is 4.79 Å². The minimum atomic E-state index is -4.69. The van der Waals surface area contributed by atoms with Crippen molar-refractivity contribution in [1.29, 1.82) is 0 Å². The van der Waals surface area contributed by atoms with E-state index in [0.29, 0.717) is 11.1 Å². The van der Waals surface area contributed by atoms with E-state index in [1.165, 1.54) is 37.1 Å². The second-order valence-corrected chi connectivity index (χ2v) is 6.92. The van der Waals surface area contributed by atoms with Crippen LogP contribution in [0.5, 0.6) is 0 Å². The number of hydrogen-bond acceptors (Lipinski definition) is 3. The van der Waals surface area contributed by atoms with Crippen LogP contribution in [0.4, 0.5) is 13.2 Å². The van der Waals surface area contributed by atoms with Crippen molar-refractivity contribution in [2.45, 2.75) is 77.4 Å². The third-order valence-corrected chi connectivity index (χ3v) is 4.93. The van der Waals surface area contributed by atoms with Gasteiger partial charge in [0.05, 0.1) is 11.7 Å². The summed E-state index contributed by atoms with van der Waals surface area (Å²) >= 11 is 0. The standard InChI is InChI=1S/C20H27F3O3/c1-3-5-14-6-12-17(13-7-14)25-19(24)16-10-8-15(9-11-16)18(4-2)26-20(21,22)23/h8-11,14,17-18H,3-7,12-13H2,1-2H3. The molecule has 1 saturated carbocycles. The van der Waals surface area contributed by atoms with Crippen molar-refractivity contribution in [3.05, 3.63) is 35.4 Å². The summed E-state index contributed by atoms with van der Waals surface area (Å²) in [7, 11) is 0. The lowest BCUT2D eigenvalue weighted by molar-refractivity contribution is -0.345. The molecular formula is C20H27F3O3. The molecular weight excluding hydrogens is 345 g/mol. The number of carbonyl (C=O) groups excluding carboxylic acids is 1. The number of hydrogen-bond donors (Lipinski definition) is 0. The van der Waals surface area contributed by atoms with E-state index in [2.05, 4.69) is 11.7 Å². The molecule has 0 heterocycles. The first-order valence-corrected chi connectivity index (χ1v) is 9.37. The van der Waals surface area contributed by atoms with Gasteiger partial charge in [0.2, 0.25) is 0 Å². The first-order valence-electron chi connectivity index (χ1n) is 9.37. The van der Waals surface area contributed by atoms with Crippen LogP contribution in [0.1, 0.15) is 80.8 Å². The normalized spacial score (nSPS) is 22.0.